The average Bonchev–Trinajstić information content (AvgIpc) is 3.23. The van der Waals surface area contributed by atoms with Gasteiger partial charge in [0.1, 0.15) is 5.03 Å². The first kappa shape index (κ1) is 22.6. The molecule has 0 spiro atoms. The van der Waals surface area contributed by atoms with Gasteiger partial charge in [0.15, 0.2) is 0 Å². The van der Waals surface area contributed by atoms with Crippen molar-refractivity contribution in [2.24, 2.45) is 7.05 Å². The molecule has 6 nitrogen and oxygen atoms in total. The first-order valence-electron chi connectivity index (χ1n) is 10.3. The highest BCUT2D eigenvalue weighted by Gasteiger charge is 2.20. The minimum Gasteiger partial charge on any atom is -0.382 e. The Morgan fingerprint density at radius 1 is 1.32 bits per heavy atom. The van der Waals surface area contributed by atoms with Crippen molar-refractivity contribution in [2.45, 2.75) is 23.6 Å². The molecule has 4 rings (SSSR count). The predicted molar refractivity (Wildman–Crippen MR) is 128 cm³/mol. The van der Waals surface area contributed by atoms with Crippen LogP contribution >= 0.6 is 11.8 Å². The number of allylic oxidation sites excluding steroid dienone is 1. The standard InChI is InChI=1S/C21H22N6S.C3H6/c1-27-14-18(11-26-27)17-8-20-21(25-10-17)28-19(13-24-20)12-23-7-6-15-2-4-16(9-22)5-3-15;1-3-2/h2-5,8,10-11,14,19,23-24H,6-7,12-13H2,1H3;3H,1H2,2H3. The van der Waals surface area contributed by atoms with E-state index in [-0.39, 0.29) is 0 Å². The van der Waals surface area contributed by atoms with Crippen molar-refractivity contribution in [3.05, 3.63) is 72.7 Å². The lowest BCUT2D eigenvalue weighted by atomic mass is 10.1. The van der Waals surface area contributed by atoms with E-state index in [1.165, 1.54) is 5.56 Å². The van der Waals surface area contributed by atoms with Crippen LogP contribution in [0.3, 0.4) is 0 Å². The van der Waals surface area contributed by atoms with Gasteiger partial charge in [0.25, 0.3) is 0 Å². The average molecular weight is 433 g/mol. The van der Waals surface area contributed by atoms with Crippen molar-refractivity contribution in [3.63, 3.8) is 0 Å². The molecular formula is C24H28N6S. The second-order valence-corrected chi connectivity index (χ2v) is 8.56. The number of nitriles is 1. The molecule has 7 heteroatoms. The second-order valence-electron chi connectivity index (χ2n) is 7.27. The van der Waals surface area contributed by atoms with Crippen molar-refractivity contribution in [3.8, 4) is 17.2 Å². The Morgan fingerprint density at radius 3 is 2.77 bits per heavy atom. The number of rotatable bonds is 6. The van der Waals surface area contributed by atoms with Crippen LogP contribution in [0.15, 0.2) is 66.6 Å². The highest BCUT2D eigenvalue weighted by molar-refractivity contribution is 8.00. The fourth-order valence-electron chi connectivity index (χ4n) is 3.18. The highest BCUT2D eigenvalue weighted by Crippen LogP contribution is 2.35. The molecule has 0 amide bonds. The van der Waals surface area contributed by atoms with E-state index >= 15 is 0 Å². The van der Waals surface area contributed by atoms with Crippen LogP contribution in [0.5, 0.6) is 0 Å². The van der Waals surface area contributed by atoms with Crippen LogP contribution in [0.1, 0.15) is 18.1 Å². The zero-order valence-corrected chi connectivity index (χ0v) is 18.8. The summed E-state index contributed by atoms with van der Waals surface area (Å²) in [6.07, 6.45) is 8.49. The Bertz CT molecular complexity index is 1030. The molecule has 2 aromatic heterocycles. The fourth-order valence-corrected chi connectivity index (χ4v) is 4.24. The number of benzene rings is 1. The zero-order chi connectivity index (χ0) is 22.1. The Balaban J connectivity index is 0.000000858. The van der Waals surface area contributed by atoms with E-state index in [1.54, 1.807) is 10.8 Å². The number of aryl methyl sites for hydroxylation is 1. The van der Waals surface area contributed by atoms with Gasteiger partial charge in [-0.1, -0.05) is 30.0 Å². The molecule has 1 atom stereocenters. The van der Waals surface area contributed by atoms with E-state index in [4.69, 9.17) is 5.26 Å². The topological polar surface area (TPSA) is 78.6 Å². The number of nitrogens with zero attached hydrogens (tertiary/aromatic N) is 4. The van der Waals surface area contributed by atoms with E-state index < -0.39 is 0 Å². The lowest BCUT2D eigenvalue weighted by Crippen LogP contribution is -2.33. The summed E-state index contributed by atoms with van der Waals surface area (Å²) in [5, 5.41) is 21.6. The summed E-state index contributed by atoms with van der Waals surface area (Å²) < 4.78 is 1.80. The van der Waals surface area contributed by atoms with Crippen LogP contribution in [-0.4, -0.2) is 39.6 Å². The van der Waals surface area contributed by atoms with Gasteiger partial charge in [0, 0.05) is 48.9 Å². The number of hydrogen-bond acceptors (Lipinski definition) is 6. The third-order valence-corrected chi connectivity index (χ3v) is 5.95. The number of nitrogens with one attached hydrogen (secondary N) is 2. The Morgan fingerprint density at radius 2 is 2.10 bits per heavy atom. The number of pyridine rings is 1. The third-order valence-electron chi connectivity index (χ3n) is 4.73. The second kappa shape index (κ2) is 11.3. The molecule has 1 aliphatic rings. The van der Waals surface area contributed by atoms with E-state index in [1.807, 2.05) is 68.6 Å². The Hall–Kier alpha value is -3.08. The van der Waals surface area contributed by atoms with E-state index in [2.05, 4.69) is 39.4 Å². The van der Waals surface area contributed by atoms with Crippen molar-refractivity contribution in [1.29, 1.82) is 5.26 Å². The summed E-state index contributed by atoms with van der Waals surface area (Å²) in [6.45, 7) is 8.02. The summed E-state index contributed by atoms with van der Waals surface area (Å²) in [6, 6.07) is 12.1. The molecule has 2 N–H and O–H groups in total. The van der Waals surface area contributed by atoms with Crippen molar-refractivity contribution < 1.29 is 0 Å². The molecule has 0 aliphatic carbocycles. The number of anilines is 1. The van der Waals surface area contributed by atoms with Crippen LogP contribution in [0.4, 0.5) is 5.69 Å². The van der Waals surface area contributed by atoms with Crippen molar-refractivity contribution >= 4 is 17.4 Å². The molecule has 3 heterocycles. The van der Waals surface area contributed by atoms with Crippen LogP contribution in [0, 0.1) is 11.3 Å². The van der Waals surface area contributed by atoms with E-state index in [9.17, 15) is 0 Å². The molecule has 1 aliphatic heterocycles. The van der Waals surface area contributed by atoms with E-state index in [0.717, 1.165) is 47.9 Å². The minimum absolute atomic E-state index is 0.449. The van der Waals surface area contributed by atoms with Crippen LogP contribution in [-0.2, 0) is 13.5 Å². The third kappa shape index (κ3) is 6.45. The first-order chi connectivity index (χ1) is 15.1. The van der Waals surface area contributed by atoms with Gasteiger partial charge in [0.2, 0.25) is 0 Å². The Labute approximate surface area is 188 Å². The minimum atomic E-state index is 0.449. The summed E-state index contributed by atoms with van der Waals surface area (Å²) >= 11 is 1.82. The molecule has 0 saturated heterocycles. The maximum absolute atomic E-state index is 8.85. The molecular weight excluding hydrogens is 404 g/mol. The van der Waals surface area contributed by atoms with Gasteiger partial charge in [-0.25, -0.2) is 4.98 Å². The predicted octanol–water partition coefficient (Wildman–Crippen LogP) is 4.26. The van der Waals surface area contributed by atoms with Gasteiger partial charge >= 0.3 is 0 Å². The van der Waals surface area contributed by atoms with Crippen LogP contribution < -0.4 is 10.6 Å². The fraction of sp³-hybridized carbons (Fsp3) is 0.292. The molecule has 0 bridgehead atoms. The van der Waals surface area contributed by atoms with Gasteiger partial charge in [-0.15, -0.1) is 6.58 Å². The number of thioether (sulfide) groups is 1. The van der Waals surface area contributed by atoms with Gasteiger partial charge < -0.3 is 10.6 Å². The monoisotopic (exact) mass is 432 g/mol. The molecule has 0 fully saturated rings. The molecule has 31 heavy (non-hydrogen) atoms. The molecule has 1 aromatic carbocycles. The number of fused-ring (bicyclic) bond motifs is 1. The molecule has 160 valence electrons. The molecule has 1 unspecified atom stereocenters. The van der Waals surface area contributed by atoms with Gasteiger partial charge in [-0.3, -0.25) is 4.68 Å². The quantitative estimate of drug-likeness (QED) is 0.447. The van der Waals surface area contributed by atoms with E-state index in [0.29, 0.717) is 10.8 Å². The maximum atomic E-state index is 8.85. The lowest BCUT2D eigenvalue weighted by Gasteiger charge is -2.25. The molecule has 3 aromatic rings. The molecule has 0 saturated carbocycles. The van der Waals surface area contributed by atoms with Crippen molar-refractivity contribution in [2.75, 3.05) is 25.0 Å². The SMILES string of the molecule is C=CC.Cn1cc(-c2cnc3c(c2)NCC(CNCCc2ccc(C#N)cc2)S3)cn1. The summed E-state index contributed by atoms with van der Waals surface area (Å²) in [5.74, 6) is 0. The smallest absolute Gasteiger partial charge is 0.120 e. The number of aromatic nitrogens is 3. The normalized spacial score (nSPS) is 14.4. The lowest BCUT2D eigenvalue weighted by molar-refractivity contribution is 0.665. The number of hydrogen-bond donors (Lipinski definition) is 2. The van der Waals surface area contributed by atoms with Gasteiger partial charge in [-0.05, 0) is 43.7 Å². The van der Waals surface area contributed by atoms with Gasteiger partial charge in [0.05, 0.1) is 23.5 Å². The zero-order valence-electron chi connectivity index (χ0n) is 18.0. The van der Waals surface area contributed by atoms with Crippen LogP contribution in [0.25, 0.3) is 11.1 Å². The molecule has 0 radical (unpaired) electrons. The Kier molecular flexibility index (Phi) is 8.27. The maximum Gasteiger partial charge on any atom is 0.120 e. The largest absolute Gasteiger partial charge is 0.382 e. The van der Waals surface area contributed by atoms with Gasteiger partial charge in [-0.2, -0.15) is 10.4 Å². The van der Waals surface area contributed by atoms with Crippen molar-refractivity contribution in [1.82, 2.24) is 20.1 Å². The highest BCUT2D eigenvalue weighted by atomic mass is 32.2. The summed E-state index contributed by atoms with van der Waals surface area (Å²) in [7, 11) is 1.92. The first-order valence-corrected chi connectivity index (χ1v) is 11.2. The van der Waals surface area contributed by atoms with Crippen LogP contribution in [0.2, 0.25) is 0 Å². The summed E-state index contributed by atoms with van der Waals surface area (Å²) in [5.41, 5.74) is 5.21. The summed E-state index contributed by atoms with van der Waals surface area (Å²) in [4.78, 5) is 4.66.